The van der Waals surface area contributed by atoms with Gasteiger partial charge in [-0.1, -0.05) is 24.3 Å². The van der Waals surface area contributed by atoms with Crippen molar-refractivity contribution in [2.45, 2.75) is 26.8 Å². The Morgan fingerprint density at radius 1 is 0.955 bits per heavy atom. The fraction of sp³-hybridized carbons (Fsp3) is 0.222. The molecule has 0 fully saturated rings. The molecule has 2 N–H and O–H groups in total. The van der Waals surface area contributed by atoms with E-state index in [1.54, 1.807) is 31.2 Å². The van der Waals surface area contributed by atoms with Gasteiger partial charge in [0.25, 0.3) is 5.91 Å². The van der Waals surface area contributed by atoms with Crippen molar-refractivity contribution in [3.8, 4) is 0 Å². The Hall–Kier alpha value is -2.62. The molecule has 0 heterocycles. The van der Waals surface area contributed by atoms with Crippen LogP contribution in [0.4, 0.5) is 5.69 Å². The number of carbonyl (C=O) groups excluding carboxylic acids is 2. The van der Waals surface area contributed by atoms with Crippen LogP contribution in [0.15, 0.2) is 48.5 Å². The van der Waals surface area contributed by atoms with Gasteiger partial charge in [0.05, 0.1) is 0 Å². The van der Waals surface area contributed by atoms with Gasteiger partial charge >= 0.3 is 0 Å². The van der Waals surface area contributed by atoms with Crippen molar-refractivity contribution in [3.63, 3.8) is 0 Å². The van der Waals surface area contributed by atoms with Gasteiger partial charge in [-0.25, -0.2) is 0 Å². The molecule has 0 bridgehead atoms. The van der Waals surface area contributed by atoms with Gasteiger partial charge in [-0.05, 0) is 56.2 Å². The Kier molecular flexibility index (Phi) is 4.94. The molecule has 0 aliphatic heterocycles. The summed E-state index contributed by atoms with van der Waals surface area (Å²) in [6.45, 7) is 5.67. The first-order valence-electron chi connectivity index (χ1n) is 7.21. The Morgan fingerprint density at radius 2 is 1.64 bits per heavy atom. The number of hydrogen-bond acceptors (Lipinski definition) is 2. The minimum Gasteiger partial charge on any atom is -0.341 e. The van der Waals surface area contributed by atoms with Crippen molar-refractivity contribution in [2.24, 2.45) is 0 Å². The molecule has 0 radical (unpaired) electrons. The van der Waals surface area contributed by atoms with Crippen molar-refractivity contribution < 1.29 is 9.59 Å². The van der Waals surface area contributed by atoms with E-state index in [0.29, 0.717) is 5.56 Å². The summed E-state index contributed by atoms with van der Waals surface area (Å²) in [4.78, 5) is 24.2. The predicted molar refractivity (Wildman–Crippen MR) is 87.9 cm³/mol. The van der Waals surface area contributed by atoms with E-state index in [4.69, 9.17) is 0 Å². The van der Waals surface area contributed by atoms with Gasteiger partial charge in [0.2, 0.25) is 5.91 Å². The Morgan fingerprint density at radius 3 is 2.27 bits per heavy atom. The lowest BCUT2D eigenvalue weighted by Crippen LogP contribution is -2.41. The molecule has 2 rings (SSSR count). The molecule has 0 aliphatic rings. The van der Waals surface area contributed by atoms with Crippen molar-refractivity contribution in [2.75, 3.05) is 5.32 Å². The molecule has 0 aliphatic carbocycles. The molecular formula is C18H20N2O2. The molecule has 4 nitrogen and oxygen atoms in total. The molecule has 0 saturated carbocycles. The van der Waals surface area contributed by atoms with Gasteiger partial charge in [-0.15, -0.1) is 0 Å². The largest absolute Gasteiger partial charge is 0.341 e. The first-order valence-corrected chi connectivity index (χ1v) is 7.21. The molecule has 0 saturated heterocycles. The van der Waals surface area contributed by atoms with Crippen molar-refractivity contribution in [1.29, 1.82) is 0 Å². The van der Waals surface area contributed by atoms with Crippen LogP contribution in [0.2, 0.25) is 0 Å². The maximum absolute atomic E-state index is 12.1. The van der Waals surface area contributed by atoms with Gasteiger partial charge in [0.15, 0.2) is 0 Å². The Bertz CT molecular complexity index is 681. The lowest BCUT2D eigenvalue weighted by molar-refractivity contribution is -0.117. The minimum atomic E-state index is -0.616. The summed E-state index contributed by atoms with van der Waals surface area (Å²) in [6, 6.07) is 13.9. The van der Waals surface area contributed by atoms with Gasteiger partial charge < -0.3 is 10.6 Å². The second-order valence-corrected chi connectivity index (χ2v) is 5.35. The lowest BCUT2D eigenvalue weighted by atomic mass is 10.1. The summed E-state index contributed by atoms with van der Waals surface area (Å²) in [5.74, 6) is -0.504. The molecule has 2 aromatic rings. The van der Waals surface area contributed by atoms with Gasteiger partial charge in [0, 0.05) is 11.3 Å². The smallest absolute Gasteiger partial charge is 0.251 e. The molecule has 2 amide bonds. The summed E-state index contributed by atoms with van der Waals surface area (Å²) in [5, 5.41) is 5.50. The SMILES string of the molecule is Cc1ccc(NC(=O)C(C)NC(=O)c2ccccc2)cc1C. The van der Waals surface area contributed by atoms with Gasteiger partial charge in [0.1, 0.15) is 6.04 Å². The van der Waals surface area contributed by atoms with Crippen LogP contribution in [-0.4, -0.2) is 17.9 Å². The van der Waals surface area contributed by atoms with Crippen molar-refractivity contribution in [1.82, 2.24) is 5.32 Å². The van der Waals surface area contributed by atoms with Crippen LogP contribution in [0.1, 0.15) is 28.4 Å². The zero-order valence-electron chi connectivity index (χ0n) is 13.0. The van der Waals surface area contributed by atoms with E-state index in [2.05, 4.69) is 10.6 Å². The van der Waals surface area contributed by atoms with Crippen LogP contribution >= 0.6 is 0 Å². The van der Waals surface area contributed by atoms with Crippen molar-refractivity contribution >= 4 is 17.5 Å². The molecule has 22 heavy (non-hydrogen) atoms. The fourth-order valence-electron chi connectivity index (χ4n) is 2.00. The highest BCUT2D eigenvalue weighted by Crippen LogP contribution is 2.14. The summed E-state index contributed by atoms with van der Waals surface area (Å²) in [7, 11) is 0. The molecule has 114 valence electrons. The number of anilines is 1. The average molecular weight is 296 g/mol. The van der Waals surface area contributed by atoms with Crippen LogP contribution in [0, 0.1) is 13.8 Å². The molecule has 4 heteroatoms. The molecule has 1 atom stereocenters. The zero-order chi connectivity index (χ0) is 16.1. The van der Waals surface area contributed by atoms with Crippen LogP contribution in [0.25, 0.3) is 0 Å². The molecule has 0 aromatic heterocycles. The van der Waals surface area contributed by atoms with Crippen LogP contribution in [-0.2, 0) is 4.79 Å². The van der Waals surface area contributed by atoms with E-state index >= 15 is 0 Å². The van der Waals surface area contributed by atoms with E-state index in [9.17, 15) is 9.59 Å². The molecule has 0 spiro atoms. The highest BCUT2D eigenvalue weighted by Gasteiger charge is 2.16. The van der Waals surface area contributed by atoms with E-state index in [1.165, 1.54) is 5.56 Å². The highest BCUT2D eigenvalue weighted by atomic mass is 16.2. The van der Waals surface area contributed by atoms with Crippen molar-refractivity contribution in [3.05, 3.63) is 65.2 Å². The number of nitrogens with one attached hydrogen (secondary N) is 2. The Balaban J connectivity index is 1.97. The maximum Gasteiger partial charge on any atom is 0.251 e. The third kappa shape index (κ3) is 3.95. The quantitative estimate of drug-likeness (QED) is 0.911. The molecule has 2 aromatic carbocycles. The third-order valence-electron chi connectivity index (χ3n) is 3.55. The number of rotatable bonds is 4. The van der Waals surface area contributed by atoms with Crippen LogP contribution in [0.5, 0.6) is 0 Å². The first kappa shape index (κ1) is 15.8. The highest BCUT2D eigenvalue weighted by molar-refractivity contribution is 6.00. The summed E-state index contributed by atoms with van der Waals surface area (Å²) < 4.78 is 0. The molecular weight excluding hydrogens is 276 g/mol. The topological polar surface area (TPSA) is 58.2 Å². The summed E-state index contributed by atoms with van der Waals surface area (Å²) in [6.07, 6.45) is 0. The van der Waals surface area contributed by atoms with Gasteiger partial charge in [-0.2, -0.15) is 0 Å². The van der Waals surface area contributed by atoms with Crippen LogP contribution < -0.4 is 10.6 Å². The van der Waals surface area contributed by atoms with E-state index in [1.807, 2.05) is 38.1 Å². The number of carbonyl (C=O) groups is 2. The number of benzene rings is 2. The minimum absolute atomic E-state index is 0.243. The second kappa shape index (κ2) is 6.89. The van der Waals surface area contributed by atoms with E-state index in [-0.39, 0.29) is 11.8 Å². The average Bonchev–Trinajstić information content (AvgIpc) is 2.51. The summed E-state index contributed by atoms with van der Waals surface area (Å²) in [5.41, 5.74) is 3.55. The Labute approximate surface area is 130 Å². The second-order valence-electron chi connectivity index (χ2n) is 5.35. The standard InChI is InChI=1S/C18H20N2O2/c1-12-9-10-16(11-13(12)2)20-17(21)14(3)19-18(22)15-7-5-4-6-8-15/h4-11,14H,1-3H3,(H,19,22)(H,20,21). The predicted octanol–water partition coefficient (Wildman–Crippen LogP) is 3.06. The van der Waals surface area contributed by atoms with Gasteiger partial charge in [-0.3, -0.25) is 9.59 Å². The van der Waals surface area contributed by atoms with E-state index in [0.717, 1.165) is 11.3 Å². The lowest BCUT2D eigenvalue weighted by Gasteiger charge is -2.15. The first-order chi connectivity index (χ1) is 10.5. The zero-order valence-corrected chi connectivity index (χ0v) is 13.0. The number of amides is 2. The fourth-order valence-corrected chi connectivity index (χ4v) is 2.00. The number of aryl methyl sites for hydroxylation is 2. The normalized spacial score (nSPS) is 11.6. The number of hydrogen-bond donors (Lipinski definition) is 2. The third-order valence-corrected chi connectivity index (χ3v) is 3.55. The monoisotopic (exact) mass is 296 g/mol. The maximum atomic E-state index is 12.1. The summed E-state index contributed by atoms with van der Waals surface area (Å²) >= 11 is 0. The molecule has 1 unspecified atom stereocenters. The van der Waals surface area contributed by atoms with Crippen LogP contribution in [0.3, 0.4) is 0 Å². The van der Waals surface area contributed by atoms with E-state index < -0.39 is 6.04 Å².